The van der Waals surface area contributed by atoms with Crippen molar-refractivity contribution in [1.29, 1.82) is 0 Å². The van der Waals surface area contributed by atoms with Gasteiger partial charge in [0.1, 0.15) is 11.7 Å². The summed E-state index contributed by atoms with van der Waals surface area (Å²) in [6.45, 7) is 8.11. The molecule has 0 amide bonds. The molecular weight excluding hydrogens is 345 g/mol. The summed E-state index contributed by atoms with van der Waals surface area (Å²) in [6.07, 6.45) is 1.76. The normalized spacial score (nSPS) is 24.3. The van der Waals surface area contributed by atoms with Crippen LogP contribution in [0.1, 0.15) is 58.4 Å². The summed E-state index contributed by atoms with van der Waals surface area (Å²) >= 11 is 0. The van der Waals surface area contributed by atoms with Crippen LogP contribution in [0.4, 0.5) is 4.39 Å². The number of aliphatic imine (C=N–C) groups is 1. The van der Waals surface area contributed by atoms with E-state index in [0.29, 0.717) is 42.7 Å². The van der Waals surface area contributed by atoms with E-state index in [1.165, 1.54) is 12.1 Å². The van der Waals surface area contributed by atoms with Gasteiger partial charge in [0, 0.05) is 29.3 Å². The fourth-order valence-electron chi connectivity index (χ4n) is 4.10. The van der Waals surface area contributed by atoms with Crippen LogP contribution < -0.4 is 0 Å². The van der Waals surface area contributed by atoms with Crippen LogP contribution in [-0.4, -0.2) is 24.1 Å². The summed E-state index contributed by atoms with van der Waals surface area (Å²) in [4.78, 5) is 30.5. The first kappa shape index (κ1) is 19.5. The number of ether oxygens (including phenoxy) is 1. The van der Waals surface area contributed by atoms with Gasteiger partial charge in [0.15, 0.2) is 5.78 Å². The van der Waals surface area contributed by atoms with Crippen molar-refractivity contribution in [1.82, 2.24) is 0 Å². The molecule has 3 rings (SSSR count). The number of carbonyl (C=O) groups is 2. The molecule has 0 fully saturated rings. The highest BCUT2D eigenvalue weighted by atomic mass is 19.1. The minimum Gasteiger partial charge on any atom is -0.465 e. The molecule has 1 heterocycles. The molecule has 144 valence electrons. The van der Waals surface area contributed by atoms with Crippen molar-refractivity contribution in [3.05, 3.63) is 46.9 Å². The van der Waals surface area contributed by atoms with E-state index in [2.05, 4.69) is 4.99 Å². The second-order valence-corrected chi connectivity index (χ2v) is 8.23. The Labute approximate surface area is 159 Å². The molecule has 1 aromatic carbocycles. The lowest BCUT2D eigenvalue weighted by Crippen LogP contribution is -2.39. The van der Waals surface area contributed by atoms with Crippen molar-refractivity contribution < 1.29 is 18.7 Å². The fraction of sp³-hybridized carbons (Fsp3) is 0.500. The molecule has 2 atom stereocenters. The van der Waals surface area contributed by atoms with E-state index in [1.807, 2.05) is 20.8 Å². The van der Waals surface area contributed by atoms with Gasteiger partial charge in [-0.1, -0.05) is 32.9 Å². The first-order valence-electron chi connectivity index (χ1n) is 9.47. The Balaban J connectivity index is 2.13. The third kappa shape index (κ3) is 3.87. The molecule has 1 aliphatic heterocycles. The summed E-state index contributed by atoms with van der Waals surface area (Å²) in [5.74, 6) is -2.07. The molecule has 1 aliphatic carbocycles. The Morgan fingerprint density at radius 1 is 1.33 bits per heavy atom. The first-order chi connectivity index (χ1) is 12.7. The first-order valence-corrected chi connectivity index (χ1v) is 9.47. The number of Topliss-reactive ketones (excluding diaryl/α,β-unsaturated/α-hetero) is 1. The molecule has 1 aromatic rings. The average molecular weight is 371 g/mol. The minimum atomic E-state index is -0.706. The Bertz CT molecular complexity index is 838. The van der Waals surface area contributed by atoms with Gasteiger partial charge in [-0.15, -0.1) is 0 Å². The number of nitrogens with zero attached hydrogens (tertiary/aromatic N) is 1. The van der Waals surface area contributed by atoms with E-state index in [1.54, 1.807) is 19.1 Å². The third-order valence-corrected chi connectivity index (χ3v) is 5.21. The molecule has 1 unspecified atom stereocenters. The molecule has 0 radical (unpaired) electrons. The molecule has 0 saturated carbocycles. The van der Waals surface area contributed by atoms with Crippen LogP contribution in [0, 0.1) is 17.2 Å². The zero-order chi connectivity index (χ0) is 19.8. The molecule has 0 aromatic heterocycles. The summed E-state index contributed by atoms with van der Waals surface area (Å²) < 4.78 is 19.3. The number of ketones is 1. The fourth-order valence-corrected chi connectivity index (χ4v) is 4.10. The van der Waals surface area contributed by atoms with Gasteiger partial charge >= 0.3 is 5.97 Å². The lowest BCUT2D eigenvalue weighted by Gasteiger charge is -2.39. The number of allylic oxidation sites excluding steroid dienone is 2. The Morgan fingerprint density at radius 2 is 2.07 bits per heavy atom. The second-order valence-electron chi connectivity index (χ2n) is 8.23. The van der Waals surface area contributed by atoms with Gasteiger partial charge in [-0.25, -0.2) is 4.39 Å². The molecule has 0 spiro atoms. The van der Waals surface area contributed by atoms with E-state index in [9.17, 15) is 14.0 Å². The van der Waals surface area contributed by atoms with Crippen molar-refractivity contribution in [2.75, 3.05) is 6.61 Å². The van der Waals surface area contributed by atoms with Gasteiger partial charge in [-0.2, -0.15) is 0 Å². The van der Waals surface area contributed by atoms with Gasteiger partial charge in [0.05, 0.1) is 6.61 Å². The van der Waals surface area contributed by atoms with E-state index in [-0.39, 0.29) is 17.0 Å². The summed E-state index contributed by atoms with van der Waals surface area (Å²) in [5.41, 5.74) is 2.33. The molecular formula is C22H26FNO3. The monoisotopic (exact) mass is 371 g/mol. The maximum absolute atomic E-state index is 13.9. The Morgan fingerprint density at radius 3 is 2.74 bits per heavy atom. The Kier molecular flexibility index (Phi) is 5.31. The standard InChI is InChI=1S/C22H26FNO3/c1-5-9-27-21(26)18-13(2)24-16-11-22(3,4)12-17(25)20(16)19(18)14-7-6-8-15(23)10-14/h6-8,10,18-19H,5,9,11-12H2,1-4H3/t18?,19-/m0/s1. The number of rotatable bonds is 4. The van der Waals surface area contributed by atoms with Gasteiger partial charge in [-0.05, 0) is 42.9 Å². The lowest BCUT2D eigenvalue weighted by atomic mass is 9.67. The van der Waals surface area contributed by atoms with E-state index < -0.39 is 17.8 Å². The highest BCUT2D eigenvalue weighted by molar-refractivity contribution is 6.09. The quantitative estimate of drug-likeness (QED) is 0.727. The molecule has 0 bridgehead atoms. The lowest BCUT2D eigenvalue weighted by molar-refractivity contribution is -0.146. The Hall–Kier alpha value is -2.30. The van der Waals surface area contributed by atoms with Gasteiger partial charge < -0.3 is 4.74 Å². The molecule has 4 nitrogen and oxygen atoms in total. The summed E-state index contributed by atoms with van der Waals surface area (Å²) in [6, 6.07) is 6.14. The van der Waals surface area contributed by atoms with Crippen LogP contribution in [0.3, 0.4) is 0 Å². The second kappa shape index (κ2) is 7.37. The molecule has 0 saturated heterocycles. The summed E-state index contributed by atoms with van der Waals surface area (Å²) in [5, 5.41) is 0. The van der Waals surface area contributed by atoms with Gasteiger partial charge in [0.2, 0.25) is 0 Å². The molecule has 5 heteroatoms. The smallest absolute Gasteiger partial charge is 0.315 e. The third-order valence-electron chi connectivity index (χ3n) is 5.21. The maximum atomic E-state index is 13.9. The van der Waals surface area contributed by atoms with Crippen LogP contribution in [0.2, 0.25) is 0 Å². The number of benzene rings is 1. The highest BCUT2D eigenvalue weighted by Crippen LogP contribution is 2.47. The predicted molar refractivity (Wildman–Crippen MR) is 102 cm³/mol. The van der Waals surface area contributed by atoms with Crippen LogP contribution >= 0.6 is 0 Å². The molecule has 0 N–H and O–H groups in total. The topological polar surface area (TPSA) is 55.7 Å². The van der Waals surface area contributed by atoms with Crippen molar-refractivity contribution in [3.63, 3.8) is 0 Å². The average Bonchev–Trinajstić information content (AvgIpc) is 2.57. The molecule has 2 aliphatic rings. The number of halogens is 1. The minimum absolute atomic E-state index is 0.0138. The van der Waals surface area contributed by atoms with Gasteiger partial charge in [-0.3, -0.25) is 14.6 Å². The van der Waals surface area contributed by atoms with E-state index in [4.69, 9.17) is 4.74 Å². The van der Waals surface area contributed by atoms with Gasteiger partial charge in [0.25, 0.3) is 0 Å². The number of hydrogen-bond donors (Lipinski definition) is 0. The highest BCUT2D eigenvalue weighted by Gasteiger charge is 2.46. The largest absolute Gasteiger partial charge is 0.465 e. The van der Waals surface area contributed by atoms with E-state index in [0.717, 1.165) is 5.70 Å². The maximum Gasteiger partial charge on any atom is 0.315 e. The van der Waals surface area contributed by atoms with Crippen molar-refractivity contribution in [2.45, 2.75) is 52.9 Å². The predicted octanol–water partition coefficient (Wildman–Crippen LogP) is 4.60. The molecule has 27 heavy (non-hydrogen) atoms. The zero-order valence-corrected chi connectivity index (χ0v) is 16.3. The van der Waals surface area contributed by atoms with Crippen LogP contribution in [0.5, 0.6) is 0 Å². The summed E-state index contributed by atoms with van der Waals surface area (Å²) in [7, 11) is 0. The number of esters is 1. The van der Waals surface area contributed by atoms with Crippen molar-refractivity contribution in [3.8, 4) is 0 Å². The van der Waals surface area contributed by atoms with Crippen molar-refractivity contribution >= 4 is 17.5 Å². The SMILES string of the molecule is CCCOC(=O)C1C(C)=NC2=C(C(=O)CC(C)(C)C2)[C@H]1c1cccc(F)c1. The number of carbonyl (C=O) groups excluding carboxylic acids is 2. The van der Waals surface area contributed by atoms with Crippen LogP contribution in [-0.2, 0) is 14.3 Å². The van der Waals surface area contributed by atoms with Crippen LogP contribution in [0.15, 0.2) is 40.5 Å². The van der Waals surface area contributed by atoms with E-state index >= 15 is 0 Å². The zero-order valence-electron chi connectivity index (χ0n) is 16.3. The van der Waals surface area contributed by atoms with Crippen LogP contribution in [0.25, 0.3) is 0 Å². The van der Waals surface area contributed by atoms with Crippen molar-refractivity contribution in [2.24, 2.45) is 16.3 Å². The number of hydrogen-bond acceptors (Lipinski definition) is 4.